The van der Waals surface area contributed by atoms with Crippen LogP contribution < -0.4 is 11.1 Å². The summed E-state index contributed by atoms with van der Waals surface area (Å²) in [6.07, 6.45) is 14.0. The second-order valence-corrected chi connectivity index (χ2v) is 21.2. The molecule has 2 saturated heterocycles. The Morgan fingerprint density at radius 2 is 1.59 bits per heavy atom. The van der Waals surface area contributed by atoms with E-state index in [0.717, 1.165) is 23.2 Å². The van der Waals surface area contributed by atoms with E-state index in [1.54, 1.807) is 27.0 Å². The van der Waals surface area contributed by atoms with Gasteiger partial charge in [-0.25, -0.2) is 4.79 Å². The van der Waals surface area contributed by atoms with Crippen LogP contribution in [0.4, 0.5) is 5.69 Å². The van der Waals surface area contributed by atoms with E-state index < -0.39 is 77.9 Å². The number of methoxy groups -OCH3 is 2. The Bertz CT molecular complexity index is 2020. The second kappa shape index (κ2) is 26.6. The predicted octanol–water partition coefficient (Wildman–Crippen LogP) is 7.47. The number of cyclic esters (lactones) is 1. The largest absolute Gasteiger partial charge is 0.461 e. The molecule has 3 heterocycles. The zero-order chi connectivity index (χ0) is 51.3. The molecular formula is C56H85N3O11. The number of aliphatic hydroxyl groups excluding tert-OH is 2. The molecule has 70 heavy (non-hydrogen) atoms. The van der Waals surface area contributed by atoms with Crippen molar-refractivity contribution in [3.8, 4) is 0 Å². The van der Waals surface area contributed by atoms with Gasteiger partial charge >= 0.3 is 5.97 Å². The number of hydrogen-bond donors (Lipinski definition) is 5. The van der Waals surface area contributed by atoms with E-state index >= 15 is 0 Å². The van der Waals surface area contributed by atoms with Crippen molar-refractivity contribution >= 4 is 29.1 Å². The van der Waals surface area contributed by atoms with Crippen LogP contribution in [0, 0.1) is 36.5 Å². The average Bonchev–Trinajstić information content (AvgIpc) is 3.33. The number of hydrogen-bond acceptors (Lipinski definition) is 13. The fourth-order valence-corrected chi connectivity index (χ4v) is 10.9. The van der Waals surface area contributed by atoms with Gasteiger partial charge in [0.25, 0.3) is 11.7 Å². The monoisotopic (exact) mass is 976 g/mol. The topological polar surface area (TPSA) is 207 Å². The Balaban J connectivity index is 1.48. The maximum Gasteiger partial charge on any atom is 0.329 e. The van der Waals surface area contributed by atoms with Crippen molar-refractivity contribution in [2.45, 2.75) is 192 Å². The van der Waals surface area contributed by atoms with Gasteiger partial charge in [-0.05, 0) is 140 Å². The maximum absolute atomic E-state index is 14.5. The molecule has 15 atom stereocenters. The van der Waals surface area contributed by atoms with Gasteiger partial charge in [0.1, 0.15) is 24.4 Å². The van der Waals surface area contributed by atoms with Crippen LogP contribution in [-0.4, -0.2) is 125 Å². The number of carbonyl (C=O) groups is 4. The van der Waals surface area contributed by atoms with Gasteiger partial charge in [0.2, 0.25) is 5.79 Å². The summed E-state index contributed by atoms with van der Waals surface area (Å²) < 4.78 is 24.0. The summed E-state index contributed by atoms with van der Waals surface area (Å²) >= 11 is 0. The van der Waals surface area contributed by atoms with E-state index in [1.165, 1.54) is 12.0 Å². The van der Waals surface area contributed by atoms with E-state index in [2.05, 4.69) is 5.32 Å². The minimum absolute atomic E-state index is 0.0378. The third-order valence-electron chi connectivity index (χ3n) is 15.5. The lowest BCUT2D eigenvalue weighted by atomic mass is 9.78. The van der Waals surface area contributed by atoms with Gasteiger partial charge < -0.3 is 50.2 Å². The number of aliphatic hydroxyl groups is 3. The molecule has 0 aromatic heterocycles. The molecule has 1 amide bonds. The highest BCUT2D eigenvalue weighted by Gasteiger charge is 2.53. The quantitative estimate of drug-likeness (QED) is 0.102. The molecule has 4 aliphatic rings. The zero-order valence-electron chi connectivity index (χ0n) is 43.4. The zero-order valence-corrected chi connectivity index (χ0v) is 43.4. The Morgan fingerprint density at radius 3 is 2.29 bits per heavy atom. The van der Waals surface area contributed by atoms with Gasteiger partial charge in [-0.2, -0.15) is 0 Å². The molecule has 6 N–H and O–H groups in total. The lowest BCUT2D eigenvalue weighted by molar-refractivity contribution is -0.263. The van der Waals surface area contributed by atoms with E-state index in [4.69, 9.17) is 24.7 Å². The number of aryl methyl sites for hydroxylation is 1. The molecule has 1 aromatic rings. The maximum atomic E-state index is 14.5. The number of nitrogens with two attached hydrogens (primary N) is 1. The van der Waals surface area contributed by atoms with Crippen LogP contribution in [0.25, 0.3) is 0 Å². The van der Waals surface area contributed by atoms with Crippen LogP contribution in [0.1, 0.15) is 131 Å². The van der Waals surface area contributed by atoms with Crippen LogP contribution in [0.5, 0.6) is 0 Å². The minimum atomic E-state index is -2.41. The number of piperidine rings is 1. The lowest BCUT2D eigenvalue weighted by Gasteiger charge is -2.43. The van der Waals surface area contributed by atoms with Crippen LogP contribution in [0.3, 0.4) is 0 Å². The number of anilines is 1. The minimum Gasteiger partial charge on any atom is -0.461 e. The van der Waals surface area contributed by atoms with Gasteiger partial charge in [0.05, 0.1) is 18.3 Å². The standard InChI is InChI=1S/C56H85N3O11/c1-34-18-23-43(24-19-34)58-45-33-44-25-20-40(7)56(66,70-44)53(63)54(64)59-28-14-13-17-46(59)55(65)69-48(37(4)30-41-21-26-47(60)49(32-41)67-8)27-22-42(57)31-39(6)51(62)52(68-9)50(61)38(5)29-35(2)15-11-10-12-16-36(45)3/h10-12,15-16,18-19,23-24,31,35,37-38,40-42,44-49,51-52,58,60,62,66H,13-14,17,20-22,25-30,32-33,57H2,1-9H3/b12-10+,15-11+,36-16+,39-31+/t35-,37-,38?,40?,41?,42+,44+,45-,46?,47-,48+,49?,51?,52+,56?/m1/s1. The van der Waals surface area contributed by atoms with Crippen molar-refractivity contribution in [2.75, 3.05) is 26.1 Å². The van der Waals surface area contributed by atoms with Crippen LogP contribution in [-0.2, 0) is 38.1 Å². The molecule has 0 spiro atoms. The van der Waals surface area contributed by atoms with Crippen molar-refractivity contribution in [1.29, 1.82) is 0 Å². The molecule has 3 aliphatic heterocycles. The Hall–Kier alpha value is -4.02. The number of esters is 1. The SMILES string of the molecule is COC1CC(C[C@@H](C)[C@@H]2CC[C@H](N)/C=C(\C)C(O)[C@@H](OC)C(=O)C(C)C[C@H](C)/C=C/C=C/C=C(\C)[C@H](Nc3ccc(C)cc3)C[C@@H]3CCC(C)C(O)(O3)C(=O)C(=O)N3CCCCC3C(=O)O2)CC[C@H]1O. The molecule has 1 aromatic carbocycles. The molecular weight excluding hydrogens is 891 g/mol. The Morgan fingerprint density at radius 1 is 0.857 bits per heavy atom. The molecule has 1 aliphatic carbocycles. The Kier molecular flexibility index (Phi) is 21.6. The highest BCUT2D eigenvalue weighted by molar-refractivity contribution is 6.39. The predicted molar refractivity (Wildman–Crippen MR) is 271 cm³/mol. The first-order valence-corrected chi connectivity index (χ1v) is 26.0. The van der Waals surface area contributed by atoms with Gasteiger partial charge in [0.15, 0.2) is 5.78 Å². The first-order valence-electron chi connectivity index (χ1n) is 26.0. The number of ether oxygens (including phenoxy) is 4. The second-order valence-electron chi connectivity index (χ2n) is 21.2. The number of nitrogens with one attached hydrogen (secondary N) is 1. The van der Waals surface area contributed by atoms with Gasteiger partial charge in [-0.3, -0.25) is 14.4 Å². The number of allylic oxidation sites excluding steroid dienone is 5. The number of nitrogens with zero attached hydrogens (tertiary/aromatic N) is 1. The molecule has 390 valence electrons. The highest BCUT2D eigenvalue weighted by Crippen LogP contribution is 2.38. The van der Waals surface area contributed by atoms with Crippen LogP contribution in [0.15, 0.2) is 71.9 Å². The number of benzene rings is 1. The average molecular weight is 976 g/mol. The number of fused-ring (bicyclic) bond motifs is 3. The van der Waals surface area contributed by atoms with E-state index in [0.29, 0.717) is 76.2 Å². The summed E-state index contributed by atoms with van der Waals surface area (Å²) in [4.78, 5) is 58.4. The van der Waals surface area contributed by atoms with Crippen LogP contribution >= 0.6 is 0 Å². The van der Waals surface area contributed by atoms with Crippen molar-refractivity contribution < 1.29 is 53.4 Å². The van der Waals surface area contributed by atoms with Gasteiger partial charge in [-0.1, -0.05) is 87.4 Å². The number of amides is 1. The van der Waals surface area contributed by atoms with E-state index in [1.807, 2.05) is 89.3 Å². The number of carbonyl (C=O) groups excluding carboxylic acids is 4. The van der Waals surface area contributed by atoms with Crippen molar-refractivity contribution in [1.82, 2.24) is 4.90 Å². The first-order chi connectivity index (χ1) is 33.3. The molecule has 14 nitrogen and oxygen atoms in total. The number of ketones is 2. The van der Waals surface area contributed by atoms with Crippen molar-refractivity contribution in [3.05, 3.63) is 77.4 Å². The number of rotatable bonds is 7. The third kappa shape index (κ3) is 15.3. The highest BCUT2D eigenvalue weighted by atomic mass is 16.6. The lowest BCUT2D eigenvalue weighted by Crippen LogP contribution is -2.61. The van der Waals surface area contributed by atoms with Gasteiger partial charge in [0, 0.05) is 50.4 Å². The summed E-state index contributed by atoms with van der Waals surface area (Å²) in [5, 5.41) is 37.8. The fourth-order valence-electron chi connectivity index (χ4n) is 10.9. The summed E-state index contributed by atoms with van der Waals surface area (Å²) in [6, 6.07) is 6.14. The molecule has 5 rings (SSSR count). The molecule has 7 unspecified atom stereocenters. The summed E-state index contributed by atoms with van der Waals surface area (Å²) in [5.74, 6) is -6.34. The fraction of sp³-hybridized carbons (Fsp3) is 0.679. The summed E-state index contributed by atoms with van der Waals surface area (Å²) in [6.45, 7) is 13.5. The normalized spacial score (nSPS) is 38.2. The summed E-state index contributed by atoms with van der Waals surface area (Å²) in [7, 11) is 3.02. The number of Topliss-reactive ketones (excluding diaryl/α,β-unsaturated/α-hetero) is 2. The smallest absolute Gasteiger partial charge is 0.329 e. The summed E-state index contributed by atoms with van der Waals surface area (Å²) in [5.41, 5.74) is 10.2. The van der Waals surface area contributed by atoms with Crippen molar-refractivity contribution in [2.24, 2.45) is 35.3 Å². The molecule has 0 radical (unpaired) electrons. The van der Waals surface area contributed by atoms with Crippen LogP contribution in [0.2, 0.25) is 0 Å². The molecule has 2 bridgehead atoms. The molecule has 3 fully saturated rings. The van der Waals surface area contributed by atoms with Crippen molar-refractivity contribution in [3.63, 3.8) is 0 Å². The van der Waals surface area contributed by atoms with E-state index in [9.17, 15) is 34.5 Å². The third-order valence-corrected chi connectivity index (χ3v) is 15.5. The van der Waals surface area contributed by atoms with Gasteiger partial charge in [-0.15, -0.1) is 0 Å². The Labute approximate surface area is 417 Å². The molecule has 1 saturated carbocycles. The van der Waals surface area contributed by atoms with E-state index in [-0.39, 0.29) is 48.6 Å². The first kappa shape index (κ1) is 56.9. The molecule has 14 heteroatoms.